The zero-order chi connectivity index (χ0) is 27.6. The van der Waals surface area contributed by atoms with E-state index in [4.69, 9.17) is 0 Å². The van der Waals surface area contributed by atoms with Crippen LogP contribution in [0, 0.1) is 6.92 Å². The van der Waals surface area contributed by atoms with E-state index in [2.05, 4.69) is 25.4 Å². The number of hydrogen-bond acceptors (Lipinski definition) is 8. The van der Waals surface area contributed by atoms with Crippen LogP contribution < -0.4 is 4.90 Å². The summed E-state index contributed by atoms with van der Waals surface area (Å²) in [5.74, 6) is -0.106. The molecule has 0 N–H and O–H groups in total. The summed E-state index contributed by atoms with van der Waals surface area (Å²) in [5.41, 5.74) is 1.52. The smallest absolute Gasteiger partial charge is 0.369 e. The molecule has 0 radical (unpaired) electrons. The maximum absolute atomic E-state index is 13.2. The lowest BCUT2D eigenvalue weighted by molar-refractivity contribution is -0.137. The van der Waals surface area contributed by atoms with E-state index >= 15 is 0 Å². The van der Waals surface area contributed by atoms with Crippen LogP contribution in [0.25, 0.3) is 0 Å². The molecule has 1 aliphatic rings. The molecule has 1 atom stereocenters. The highest BCUT2D eigenvalue weighted by Gasteiger charge is 2.34. The molecule has 0 unspecified atom stereocenters. The molecule has 1 saturated heterocycles. The Morgan fingerprint density at radius 3 is 2.38 bits per heavy atom. The first-order valence-corrected chi connectivity index (χ1v) is 13.9. The fourth-order valence-electron chi connectivity index (χ4n) is 4.66. The van der Waals surface area contributed by atoms with Crippen molar-refractivity contribution in [2.24, 2.45) is 0 Å². The molecule has 3 heterocycles. The number of anilines is 1. The first kappa shape index (κ1) is 26.8. The van der Waals surface area contributed by atoms with E-state index in [1.807, 2.05) is 17.9 Å². The molecule has 0 amide bonds. The molecular weight excluding hydrogens is 531 g/mol. The van der Waals surface area contributed by atoms with Gasteiger partial charge in [0.1, 0.15) is 0 Å². The molecule has 0 saturated carbocycles. The Kier molecular flexibility index (Phi) is 7.36. The third-order valence-electron chi connectivity index (χ3n) is 6.69. The second-order valence-corrected chi connectivity index (χ2v) is 11.3. The number of tetrazole rings is 1. The molecule has 2 aromatic heterocycles. The van der Waals surface area contributed by atoms with Crippen molar-refractivity contribution in [3.05, 3.63) is 95.6 Å². The molecule has 2 aromatic carbocycles. The average molecular weight is 558 g/mol. The van der Waals surface area contributed by atoms with Crippen LogP contribution in [0.15, 0.2) is 78.0 Å². The highest BCUT2D eigenvalue weighted by atomic mass is 32.2. The number of halogens is 3. The summed E-state index contributed by atoms with van der Waals surface area (Å²) in [5, 5.41) is 12.0. The third-order valence-corrected chi connectivity index (χ3v) is 8.27. The average Bonchev–Trinajstić information content (AvgIpc) is 3.36. The van der Waals surface area contributed by atoms with Gasteiger partial charge in [-0.15, -0.1) is 5.10 Å². The quantitative estimate of drug-likeness (QED) is 0.339. The monoisotopic (exact) mass is 557 g/mol. The minimum atomic E-state index is -4.42. The predicted octanol–water partition coefficient (Wildman–Crippen LogP) is 3.74. The van der Waals surface area contributed by atoms with Crippen molar-refractivity contribution in [1.29, 1.82) is 0 Å². The van der Waals surface area contributed by atoms with E-state index < -0.39 is 33.5 Å². The first-order valence-electron chi connectivity index (χ1n) is 12.2. The van der Waals surface area contributed by atoms with Crippen molar-refractivity contribution in [3.63, 3.8) is 0 Å². The van der Waals surface area contributed by atoms with Crippen molar-refractivity contribution in [1.82, 2.24) is 30.1 Å². The fourth-order valence-corrected chi connectivity index (χ4v) is 5.86. The summed E-state index contributed by atoms with van der Waals surface area (Å²) < 4.78 is 67.3. The Bertz CT molecular complexity index is 1520. The van der Waals surface area contributed by atoms with Gasteiger partial charge < -0.3 is 4.90 Å². The Morgan fingerprint density at radius 1 is 0.974 bits per heavy atom. The van der Waals surface area contributed by atoms with E-state index in [1.165, 1.54) is 10.7 Å². The van der Waals surface area contributed by atoms with E-state index in [-0.39, 0.29) is 4.90 Å². The van der Waals surface area contributed by atoms with Crippen LogP contribution in [0.3, 0.4) is 0 Å². The zero-order valence-corrected chi connectivity index (χ0v) is 21.8. The summed E-state index contributed by atoms with van der Waals surface area (Å²) in [4.78, 5) is 8.38. The minimum Gasteiger partial charge on any atom is -0.369 e. The topological polar surface area (TPSA) is 97.1 Å². The number of sulfone groups is 1. The molecule has 13 heteroatoms. The molecule has 5 rings (SSSR count). The largest absolute Gasteiger partial charge is 0.416 e. The van der Waals surface area contributed by atoms with Crippen molar-refractivity contribution in [2.45, 2.75) is 29.9 Å². The number of aromatic nitrogens is 5. The molecular formula is C26H26F3N7O2S. The highest BCUT2D eigenvalue weighted by Crippen LogP contribution is 2.33. The molecule has 39 heavy (non-hydrogen) atoms. The van der Waals surface area contributed by atoms with Crippen LogP contribution in [-0.2, 0) is 21.9 Å². The van der Waals surface area contributed by atoms with Crippen molar-refractivity contribution < 1.29 is 21.6 Å². The number of piperazine rings is 1. The van der Waals surface area contributed by atoms with E-state index in [1.54, 1.807) is 48.8 Å². The van der Waals surface area contributed by atoms with Gasteiger partial charge in [0.25, 0.3) is 0 Å². The zero-order valence-electron chi connectivity index (χ0n) is 21.0. The number of nitrogens with zero attached hydrogens (tertiary/aromatic N) is 7. The summed E-state index contributed by atoms with van der Waals surface area (Å²) in [7, 11) is -3.74. The number of hydrogen-bond donors (Lipinski definition) is 0. The summed E-state index contributed by atoms with van der Waals surface area (Å²) in [6.07, 6.45) is -1.10. The van der Waals surface area contributed by atoms with Crippen molar-refractivity contribution in [2.75, 3.05) is 31.1 Å². The molecule has 204 valence electrons. The molecule has 0 spiro atoms. The normalized spacial score (nSPS) is 15.8. The maximum Gasteiger partial charge on any atom is 0.416 e. The summed E-state index contributed by atoms with van der Waals surface area (Å²) in [6.45, 7) is 3.75. The van der Waals surface area contributed by atoms with Crippen LogP contribution in [0.4, 0.5) is 18.9 Å². The van der Waals surface area contributed by atoms with Gasteiger partial charge in [0.2, 0.25) is 0 Å². The van der Waals surface area contributed by atoms with Crippen LogP contribution in [0.2, 0.25) is 0 Å². The lowest BCUT2D eigenvalue weighted by atomic mass is 10.1. The van der Waals surface area contributed by atoms with Gasteiger partial charge in [-0.1, -0.05) is 29.8 Å². The Hall–Kier alpha value is -3.84. The van der Waals surface area contributed by atoms with Crippen LogP contribution in [-0.4, -0.2) is 64.7 Å². The lowest BCUT2D eigenvalue weighted by Gasteiger charge is -2.39. The molecule has 4 aromatic rings. The van der Waals surface area contributed by atoms with Gasteiger partial charge in [0.15, 0.2) is 21.5 Å². The lowest BCUT2D eigenvalue weighted by Crippen LogP contribution is -2.48. The molecule has 1 aliphatic heterocycles. The van der Waals surface area contributed by atoms with Gasteiger partial charge in [-0.25, -0.2) is 13.1 Å². The highest BCUT2D eigenvalue weighted by molar-refractivity contribution is 7.90. The van der Waals surface area contributed by atoms with Crippen LogP contribution >= 0.6 is 0 Å². The van der Waals surface area contributed by atoms with Gasteiger partial charge in [0.05, 0.1) is 16.5 Å². The first-order chi connectivity index (χ1) is 18.6. The SMILES string of the molecule is Cc1ccc(S(=O)(=O)Cn2nnnc2[C@H](c2cccnc2)N2CCN(c3cccc(C(F)(F)F)c3)CC2)cc1. The van der Waals surface area contributed by atoms with E-state index in [0.717, 1.165) is 23.3 Å². The second kappa shape index (κ2) is 10.7. The van der Waals surface area contributed by atoms with Gasteiger partial charge in [-0.3, -0.25) is 9.88 Å². The van der Waals surface area contributed by atoms with Gasteiger partial charge in [-0.05, 0) is 59.3 Å². The third kappa shape index (κ3) is 5.93. The summed E-state index contributed by atoms with van der Waals surface area (Å²) in [6, 6.07) is 15.0. The molecule has 0 aliphatic carbocycles. The molecule has 9 nitrogen and oxygen atoms in total. The van der Waals surface area contributed by atoms with Gasteiger partial charge in [0, 0.05) is 44.3 Å². The Morgan fingerprint density at radius 2 is 1.72 bits per heavy atom. The second-order valence-electron chi connectivity index (χ2n) is 9.35. The number of alkyl halides is 3. The standard InChI is InChI=1S/C26H26F3N7O2S/c1-19-7-9-23(10-8-19)39(37,38)18-36-25(31-32-33-36)24(20-4-3-11-30-17-20)35-14-12-34(13-15-35)22-6-2-5-21(16-22)26(27,28)29/h2-11,16-17,24H,12-15,18H2,1H3/t24-/m0/s1. The number of benzene rings is 2. The van der Waals surface area contributed by atoms with Gasteiger partial charge >= 0.3 is 6.18 Å². The number of aryl methyl sites for hydroxylation is 1. The maximum atomic E-state index is 13.2. The Balaban J connectivity index is 1.40. The van der Waals surface area contributed by atoms with E-state index in [9.17, 15) is 21.6 Å². The van der Waals surface area contributed by atoms with E-state index in [0.29, 0.717) is 37.7 Å². The minimum absolute atomic E-state index is 0.169. The molecule has 1 fully saturated rings. The predicted molar refractivity (Wildman–Crippen MR) is 137 cm³/mol. The Labute approximate surface area is 223 Å². The van der Waals surface area contributed by atoms with Crippen molar-refractivity contribution in [3.8, 4) is 0 Å². The summed E-state index contributed by atoms with van der Waals surface area (Å²) >= 11 is 0. The number of pyridine rings is 1. The van der Waals surface area contributed by atoms with Crippen LogP contribution in [0.5, 0.6) is 0 Å². The van der Waals surface area contributed by atoms with Gasteiger partial charge in [-0.2, -0.15) is 13.2 Å². The molecule has 0 bridgehead atoms. The fraction of sp³-hybridized carbons (Fsp3) is 0.308. The van der Waals surface area contributed by atoms with Crippen molar-refractivity contribution >= 4 is 15.5 Å². The van der Waals surface area contributed by atoms with Crippen LogP contribution in [0.1, 0.15) is 28.6 Å². The number of rotatable bonds is 7.